The molecule has 205 valence electrons. The third-order valence-electron chi connectivity index (χ3n) is 6.67. The second-order valence-corrected chi connectivity index (χ2v) is 14.1. The SMILES string of the molecule is C=CCc1cc(CC=C)cc([P](OC(C)(C)C)(c2cc(CC=C)cc(CC=C)c2)c2cc3ccccc3cn2)c1. The summed E-state index contributed by atoms with van der Waals surface area (Å²) in [5.74, 6) is 0. The van der Waals surface area contributed by atoms with E-state index in [1.54, 1.807) is 0 Å². The third-order valence-corrected chi connectivity index (χ3v) is 10.4. The molecule has 0 spiro atoms. The van der Waals surface area contributed by atoms with E-state index in [4.69, 9.17) is 9.51 Å². The van der Waals surface area contributed by atoms with Crippen LogP contribution in [0.4, 0.5) is 0 Å². The number of pyridine rings is 1. The van der Waals surface area contributed by atoms with Crippen LogP contribution in [-0.2, 0) is 30.2 Å². The summed E-state index contributed by atoms with van der Waals surface area (Å²) in [4.78, 5) is 5.16. The van der Waals surface area contributed by atoms with Gasteiger partial charge in [0.05, 0.1) is 18.5 Å². The fraction of sp³-hybridized carbons (Fsp3) is 0.216. The third kappa shape index (κ3) is 6.58. The average molecular weight is 547 g/mol. The first-order valence-electron chi connectivity index (χ1n) is 13.9. The highest BCUT2D eigenvalue weighted by atomic mass is 31.2. The lowest BCUT2D eigenvalue weighted by molar-refractivity contribution is 0.151. The Bertz CT molecular complexity index is 1420. The number of aromatic nitrogens is 1. The Morgan fingerprint density at radius 1 is 0.650 bits per heavy atom. The van der Waals surface area contributed by atoms with Crippen LogP contribution in [0, 0.1) is 0 Å². The minimum absolute atomic E-state index is 0.443. The van der Waals surface area contributed by atoms with E-state index in [9.17, 15) is 0 Å². The molecule has 0 saturated carbocycles. The zero-order valence-electron chi connectivity index (χ0n) is 24.2. The summed E-state index contributed by atoms with van der Waals surface area (Å²) in [5.41, 5.74) is 5.35. The van der Waals surface area contributed by atoms with Gasteiger partial charge in [0.15, 0.2) is 0 Å². The van der Waals surface area contributed by atoms with E-state index in [0.717, 1.165) is 52.5 Å². The van der Waals surface area contributed by atoms with Crippen molar-refractivity contribution in [2.75, 3.05) is 0 Å². The Hall–Kier alpha value is -3.58. The van der Waals surface area contributed by atoms with Gasteiger partial charge in [-0.2, -0.15) is 0 Å². The van der Waals surface area contributed by atoms with Crippen molar-refractivity contribution in [3.05, 3.63) is 146 Å². The lowest BCUT2D eigenvalue weighted by Gasteiger charge is -2.42. The molecule has 4 rings (SSSR count). The molecule has 3 heteroatoms. The summed E-state index contributed by atoms with van der Waals surface area (Å²) in [6, 6.07) is 24.3. The number of hydrogen-bond donors (Lipinski definition) is 0. The second-order valence-electron chi connectivity index (χ2n) is 11.2. The molecule has 0 aliphatic carbocycles. The van der Waals surface area contributed by atoms with Gasteiger partial charge >= 0.3 is 0 Å². The van der Waals surface area contributed by atoms with E-state index < -0.39 is 13.1 Å². The van der Waals surface area contributed by atoms with Crippen molar-refractivity contribution in [1.29, 1.82) is 0 Å². The molecule has 0 amide bonds. The molecule has 1 radical (unpaired) electrons. The zero-order valence-corrected chi connectivity index (χ0v) is 25.1. The minimum Gasteiger partial charge on any atom is -0.345 e. The fourth-order valence-electron chi connectivity index (χ4n) is 5.21. The minimum atomic E-state index is -2.73. The molecule has 0 aliphatic heterocycles. The molecule has 0 aliphatic rings. The summed E-state index contributed by atoms with van der Waals surface area (Å²) in [5, 5.41) is 4.57. The summed E-state index contributed by atoms with van der Waals surface area (Å²) in [7, 11) is -2.73. The van der Waals surface area contributed by atoms with Gasteiger partial charge in [-0.3, -0.25) is 4.98 Å². The van der Waals surface area contributed by atoms with Gasteiger partial charge in [-0.15, -0.1) is 26.3 Å². The molecule has 0 bridgehead atoms. The maximum absolute atomic E-state index is 7.41. The Balaban J connectivity index is 2.18. The highest BCUT2D eigenvalue weighted by Gasteiger charge is 2.41. The van der Waals surface area contributed by atoms with Gasteiger partial charge in [0.25, 0.3) is 0 Å². The summed E-state index contributed by atoms with van der Waals surface area (Å²) in [6.07, 6.45) is 12.9. The number of fused-ring (bicyclic) bond motifs is 1. The van der Waals surface area contributed by atoms with Crippen LogP contribution < -0.4 is 16.0 Å². The van der Waals surface area contributed by atoms with Gasteiger partial charge < -0.3 is 4.52 Å². The van der Waals surface area contributed by atoms with Crippen LogP contribution in [0.1, 0.15) is 43.0 Å². The van der Waals surface area contributed by atoms with Gasteiger partial charge in [-0.05, 0) is 104 Å². The number of hydrogen-bond acceptors (Lipinski definition) is 2. The van der Waals surface area contributed by atoms with Gasteiger partial charge in [-0.1, -0.05) is 60.7 Å². The lowest BCUT2D eigenvalue weighted by atomic mass is 10.1. The smallest absolute Gasteiger partial charge is 0.0935 e. The van der Waals surface area contributed by atoms with Gasteiger partial charge in [-0.25, -0.2) is 0 Å². The molecule has 0 fully saturated rings. The van der Waals surface area contributed by atoms with Crippen molar-refractivity contribution in [1.82, 2.24) is 4.98 Å². The van der Waals surface area contributed by atoms with E-state index in [1.165, 1.54) is 22.3 Å². The van der Waals surface area contributed by atoms with Gasteiger partial charge in [0.1, 0.15) is 0 Å². The lowest BCUT2D eigenvalue weighted by Crippen LogP contribution is -2.39. The molecular weight excluding hydrogens is 505 g/mol. The Morgan fingerprint density at radius 2 is 1.07 bits per heavy atom. The number of rotatable bonds is 12. The first-order valence-corrected chi connectivity index (χ1v) is 15.6. The van der Waals surface area contributed by atoms with Crippen molar-refractivity contribution in [3.8, 4) is 0 Å². The second kappa shape index (κ2) is 12.7. The molecule has 0 atom stereocenters. The Labute approximate surface area is 241 Å². The summed E-state index contributed by atoms with van der Waals surface area (Å²) >= 11 is 0. The fourth-order valence-corrected chi connectivity index (χ4v) is 9.09. The van der Waals surface area contributed by atoms with Crippen LogP contribution in [0.5, 0.6) is 0 Å². The standard InChI is InChI=1S/C37H41NOP/c1-8-14-28-20-29(15-9-2)23-34(22-28)40(39-37(5,6)7,36-26-32-18-12-13-19-33(32)27-38-36)35-24-30(16-10-3)21-31(25-35)17-11-4/h8-13,18-27H,1-4,14-17H2,5-7H3. The van der Waals surface area contributed by atoms with Crippen LogP contribution in [0.3, 0.4) is 0 Å². The zero-order chi connectivity index (χ0) is 28.8. The molecule has 4 aromatic rings. The number of allylic oxidation sites excluding steroid dienone is 4. The van der Waals surface area contributed by atoms with Gasteiger partial charge in [0.2, 0.25) is 0 Å². The van der Waals surface area contributed by atoms with Crippen molar-refractivity contribution in [3.63, 3.8) is 0 Å². The van der Waals surface area contributed by atoms with E-state index in [1.807, 2.05) is 30.5 Å². The number of nitrogens with zero attached hydrogens (tertiary/aromatic N) is 1. The molecule has 3 aromatic carbocycles. The predicted molar refractivity (Wildman–Crippen MR) is 177 cm³/mol. The van der Waals surface area contributed by atoms with E-state index in [0.29, 0.717) is 0 Å². The van der Waals surface area contributed by atoms with Crippen LogP contribution in [0.15, 0.2) is 124 Å². The number of benzene rings is 3. The summed E-state index contributed by atoms with van der Waals surface area (Å²) in [6.45, 7) is 22.5. The molecule has 1 heterocycles. The largest absolute Gasteiger partial charge is 0.345 e. The highest BCUT2D eigenvalue weighted by Crippen LogP contribution is 2.59. The molecule has 0 saturated heterocycles. The van der Waals surface area contributed by atoms with Crippen molar-refractivity contribution in [2.45, 2.75) is 52.1 Å². The molecule has 2 nitrogen and oxygen atoms in total. The highest BCUT2D eigenvalue weighted by molar-refractivity contribution is 7.91. The Kier molecular flexibility index (Phi) is 9.36. The molecular formula is C37H41NOP. The van der Waals surface area contributed by atoms with Crippen LogP contribution in [-0.4, -0.2) is 10.6 Å². The van der Waals surface area contributed by atoms with Gasteiger partial charge in [0, 0.05) is 22.2 Å². The maximum atomic E-state index is 7.41. The van der Waals surface area contributed by atoms with E-state index in [2.05, 4.69) is 114 Å². The van der Waals surface area contributed by atoms with Crippen LogP contribution >= 0.6 is 7.49 Å². The monoisotopic (exact) mass is 546 g/mol. The molecule has 0 N–H and O–H groups in total. The Morgan fingerprint density at radius 3 is 1.48 bits per heavy atom. The first-order chi connectivity index (χ1) is 19.2. The van der Waals surface area contributed by atoms with Crippen LogP contribution in [0.25, 0.3) is 10.8 Å². The van der Waals surface area contributed by atoms with Crippen molar-refractivity contribution < 1.29 is 4.52 Å². The normalized spacial score (nSPS) is 11.8. The molecule has 0 unspecified atom stereocenters. The molecule has 1 aromatic heterocycles. The van der Waals surface area contributed by atoms with E-state index >= 15 is 0 Å². The first kappa shape index (κ1) is 29.4. The van der Waals surface area contributed by atoms with Crippen LogP contribution in [0.2, 0.25) is 0 Å². The predicted octanol–water partition coefficient (Wildman–Crippen LogP) is 8.17. The van der Waals surface area contributed by atoms with Crippen molar-refractivity contribution in [2.24, 2.45) is 0 Å². The maximum Gasteiger partial charge on any atom is 0.0935 e. The van der Waals surface area contributed by atoms with E-state index in [-0.39, 0.29) is 0 Å². The molecule has 40 heavy (non-hydrogen) atoms. The quantitative estimate of drug-likeness (QED) is 0.132. The topological polar surface area (TPSA) is 22.1 Å². The average Bonchev–Trinajstić information content (AvgIpc) is 2.91. The van der Waals surface area contributed by atoms with Crippen molar-refractivity contribution >= 4 is 34.3 Å². The summed E-state index contributed by atoms with van der Waals surface area (Å²) < 4.78 is 7.41.